The van der Waals surface area contributed by atoms with Gasteiger partial charge in [-0.2, -0.15) is 0 Å². The Kier molecular flexibility index (Phi) is 4.02. The van der Waals surface area contributed by atoms with Gasteiger partial charge in [0.25, 0.3) is 0 Å². The molecule has 0 bridgehead atoms. The van der Waals surface area contributed by atoms with Crippen LogP contribution < -0.4 is 11.6 Å². The zero-order valence-corrected chi connectivity index (χ0v) is 9.39. The Labute approximate surface area is 97.8 Å². The van der Waals surface area contributed by atoms with Crippen molar-refractivity contribution in [1.82, 2.24) is 5.01 Å². The van der Waals surface area contributed by atoms with E-state index in [0.717, 1.165) is 10.6 Å². The van der Waals surface area contributed by atoms with Crippen molar-refractivity contribution in [2.45, 2.75) is 6.42 Å². The zero-order valence-electron chi connectivity index (χ0n) is 7.81. The summed E-state index contributed by atoms with van der Waals surface area (Å²) in [7, 11) is 0. The highest BCUT2D eigenvalue weighted by Crippen LogP contribution is 2.11. The van der Waals surface area contributed by atoms with Crippen molar-refractivity contribution in [1.29, 1.82) is 0 Å². The van der Waals surface area contributed by atoms with E-state index in [9.17, 15) is 4.79 Å². The van der Waals surface area contributed by atoms with E-state index >= 15 is 0 Å². The van der Waals surface area contributed by atoms with Crippen LogP contribution in [-0.2, 0) is 11.2 Å². The molecule has 0 aromatic heterocycles. The molecule has 1 aromatic carbocycles. The van der Waals surface area contributed by atoms with E-state index in [0.29, 0.717) is 5.02 Å². The highest BCUT2D eigenvalue weighted by Gasteiger charge is 2.12. The smallest absolute Gasteiger partial charge is 0.247 e. The fourth-order valence-corrected chi connectivity index (χ4v) is 1.34. The van der Waals surface area contributed by atoms with Crippen molar-refractivity contribution in [2.24, 2.45) is 11.6 Å². The van der Waals surface area contributed by atoms with Gasteiger partial charge in [-0.1, -0.05) is 23.7 Å². The van der Waals surface area contributed by atoms with Crippen molar-refractivity contribution in [3.05, 3.63) is 34.9 Å². The van der Waals surface area contributed by atoms with Crippen LogP contribution >= 0.6 is 23.8 Å². The molecule has 1 amide bonds. The van der Waals surface area contributed by atoms with E-state index in [2.05, 4.69) is 12.2 Å². The summed E-state index contributed by atoms with van der Waals surface area (Å²) in [6, 6.07) is 6.94. The zero-order chi connectivity index (χ0) is 11.4. The third-order valence-corrected chi connectivity index (χ3v) is 2.18. The molecule has 80 valence electrons. The number of carbonyl (C=O) groups excluding carboxylic acids is 1. The molecule has 15 heavy (non-hydrogen) atoms. The Morgan fingerprint density at radius 2 is 2.20 bits per heavy atom. The molecular formula is C9H10ClN3OS. The van der Waals surface area contributed by atoms with Crippen LogP contribution in [-0.4, -0.2) is 16.0 Å². The van der Waals surface area contributed by atoms with Crippen molar-refractivity contribution >= 4 is 34.8 Å². The molecule has 1 rings (SSSR count). The fourth-order valence-electron chi connectivity index (χ4n) is 1.03. The maximum atomic E-state index is 11.5. The molecule has 0 saturated carbocycles. The number of hydrogen-bond donors (Lipinski definition) is 2. The summed E-state index contributed by atoms with van der Waals surface area (Å²) in [5.41, 5.74) is 5.97. The summed E-state index contributed by atoms with van der Waals surface area (Å²) in [5, 5.41) is 1.16. The summed E-state index contributed by atoms with van der Waals surface area (Å²) in [6.45, 7) is 0. The minimum Gasteiger partial charge on any atom is -0.375 e. The minimum atomic E-state index is -0.371. The van der Waals surface area contributed by atoms with Crippen LogP contribution in [0.4, 0.5) is 0 Å². The number of carbonyl (C=O) groups is 1. The lowest BCUT2D eigenvalue weighted by Crippen LogP contribution is -2.46. The van der Waals surface area contributed by atoms with E-state index in [4.69, 9.17) is 23.2 Å². The largest absolute Gasteiger partial charge is 0.375 e. The number of amides is 1. The summed E-state index contributed by atoms with van der Waals surface area (Å²) in [4.78, 5) is 11.5. The lowest BCUT2D eigenvalue weighted by Gasteiger charge is -2.13. The van der Waals surface area contributed by atoms with Gasteiger partial charge in [0.1, 0.15) is 0 Å². The molecule has 4 N–H and O–H groups in total. The molecule has 0 unspecified atom stereocenters. The van der Waals surface area contributed by atoms with E-state index in [1.54, 1.807) is 24.3 Å². The predicted octanol–water partition coefficient (Wildman–Crippen LogP) is 0.828. The number of nitrogens with zero attached hydrogens (tertiary/aromatic N) is 1. The molecule has 6 heteroatoms. The summed E-state index contributed by atoms with van der Waals surface area (Å²) in [6.07, 6.45) is 0.119. The van der Waals surface area contributed by atoms with Crippen LogP contribution in [0.5, 0.6) is 0 Å². The van der Waals surface area contributed by atoms with Crippen LogP contribution in [0, 0.1) is 0 Å². The number of halogens is 1. The second-order valence-corrected chi connectivity index (χ2v) is 3.76. The number of rotatable bonds is 2. The Morgan fingerprint density at radius 3 is 2.73 bits per heavy atom. The normalized spacial score (nSPS) is 9.73. The van der Waals surface area contributed by atoms with Crippen molar-refractivity contribution in [3.63, 3.8) is 0 Å². The van der Waals surface area contributed by atoms with Gasteiger partial charge in [-0.25, -0.2) is 10.9 Å². The van der Waals surface area contributed by atoms with Crippen LogP contribution in [0.25, 0.3) is 0 Å². The molecule has 0 aliphatic rings. The van der Waals surface area contributed by atoms with Gasteiger partial charge in [-0.05, 0) is 29.9 Å². The molecule has 4 nitrogen and oxygen atoms in total. The van der Waals surface area contributed by atoms with E-state index < -0.39 is 0 Å². The first-order chi connectivity index (χ1) is 7.00. The van der Waals surface area contributed by atoms with E-state index in [1.165, 1.54) is 0 Å². The third-order valence-electron chi connectivity index (χ3n) is 1.75. The molecule has 0 aliphatic heterocycles. The quantitative estimate of drug-likeness (QED) is 0.349. The first-order valence-electron chi connectivity index (χ1n) is 4.12. The lowest BCUT2D eigenvalue weighted by atomic mass is 10.1. The second-order valence-electron chi connectivity index (χ2n) is 2.91. The number of benzene rings is 1. The van der Waals surface area contributed by atoms with Gasteiger partial charge in [-0.15, -0.1) is 0 Å². The molecule has 0 aliphatic carbocycles. The monoisotopic (exact) mass is 243 g/mol. The van der Waals surface area contributed by atoms with Crippen LogP contribution in [0.1, 0.15) is 5.56 Å². The van der Waals surface area contributed by atoms with Gasteiger partial charge in [0, 0.05) is 5.02 Å². The van der Waals surface area contributed by atoms with Gasteiger partial charge in [0.05, 0.1) is 6.42 Å². The highest BCUT2D eigenvalue weighted by atomic mass is 35.5. The van der Waals surface area contributed by atoms with Gasteiger partial charge in [0.2, 0.25) is 5.91 Å². The topological polar surface area (TPSA) is 72.3 Å². The Hall–Kier alpha value is -1.17. The van der Waals surface area contributed by atoms with Crippen LogP contribution in [0.2, 0.25) is 5.02 Å². The van der Waals surface area contributed by atoms with Crippen LogP contribution in [0.15, 0.2) is 24.3 Å². The van der Waals surface area contributed by atoms with Gasteiger partial charge in [0.15, 0.2) is 5.11 Å². The maximum Gasteiger partial charge on any atom is 0.247 e. The molecular weight excluding hydrogens is 234 g/mol. The van der Waals surface area contributed by atoms with Gasteiger partial charge >= 0.3 is 0 Å². The lowest BCUT2D eigenvalue weighted by molar-refractivity contribution is -0.126. The predicted molar refractivity (Wildman–Crippen MR) is 63.0 cm³/mol. The third kappa shape index (κ3) is 3.47. The maximum absolute atomic E-state index is 11.5. The SMILES string of the molecule is NC(=S)N(N)C(=O)Cc1cccc(Cl)c1. The Morgan fingerprint density at radius 1 is 1.53 bits per heavy atom. The fraction of sp³-hybridized carbons (Fsp3) is 0.111. The average molecular weight is 244 g/mol. The summed E-state index contributed by atoms with van der Waals surface area (Å²) >= 11 is 10.3. The Balaban J connectivity index is 2.70. The van der Waals surface area contributed by atoms with Gasteiger partial charge < -0.3 is 5.73 Å². The molecule has 0 fully saturated rings. The van der Waals surface area contributed by atoms with E-state index in [1.807, 2.05) is 0 Å². The molecule has 0 radical (unpaired) electrons. The minimum absolute atomic E-state index is 0.119. The number of hydrazine groups is 1. The summed E-state index contributed by atoms with van der Waals surface area (Å²) in [5.74, 6) is 4.96. The first kappa shape index (κ1) is 11.9. The van der Waals surface area contributed by atoms with Crippen LogP contribution in [0.3, 0.4) is 0 Å². The standard InChI is InChI=1S/C9H10ClN3OS/c10-7-3-1-2-6(4-7)5-8(14)13(12)9(11)15/h1-4H,5,12H2,(H2,11,15). The Bertz CT molecular complexity index is 397. The van der Waals surface area contributed by atoms with Crippen molar-refractivity contribution in [3.8, 4) is 0 Å². The number of nitrogens with two attached hydrogens (primary N) is 2. The average Bonchev–Trinajstić information content (AvgIpc) is 2.16. The second kappa shape index (κ2) is 5.06. The molecule has 0 saturated heterocycles. The first-order valence-corrected chi connectivity index (χ1v) is 4.91. The number of thiocarbonyl (C=S) groups is 1. The van der Waals surface area contributed by atoms with Crippen molar-refractivity contribution in [2.75, 3.05) is 0 Å². The molecule has 0 spiro atoms. The van der Waals surface area contributed by atoms with Crippen molar-refractivity contribution < 1.29 is 4.79 Å². The highest BCUT2D eigenvalue weighted by molar-refractivity contribution is 7.80. The number of hydrogen-bond acceptors (Lipinski definition) is 3. The summed E-state index contributed by atoms with van der Waals surface area (Å²) < 4.78 is 0. The molecule has 0 heterocycles. The van der Waals surface area contributed by atoms with Gasteiger partial charge in [-0.3, -0.25) is 4.79 Å². The van der Waals surface area contributed by atoms with E-state index in [-0.39, 0.29) is 17.4 Å². The molecule has 0 atom stereocenters. The molecule has 1 aromatic rings.